The van der Waals surface area contributed by atoms with Gasteiger partial charge in [0.15, 0.2) is 0 Å². The van der Waals surface area contributed by atoms with Crippen LogP contribution in [-0.4, -0.2) is 19.2 Å². The number of aryl methyl sites for hydroxylation is 1. The third-order valence-corrected chi connectivity index (χ3v) is 3.45. The van der Waals surface area contributed by atoms with Crippen LogP contribution in [0.1, 0.15) is 32.3 Å². The van der Waals surface area contributed by atoms with Crippen LogP contribution in [0.15, 0.2) is 22.7 Å². The molecule has 0 saturated carbocycles. The van der Waals surface area contributed by atoms with E-state index in [4.69, 9.17) is 4.74 Å². The highest BCUT2D eigenvalue weighted by atomic mass is 79.9. The Kier molecular flexibility index (Phi) is 6.60. The van der Waals surface area contributed by atoms with E-state index in [2.05, 4.69) is 48.1 Å². The quantitative estimate of drug-likeness (QED) is 0.770. The third kappa shape index (κ3) is 5.55. The van der Waals surface area contributed by atoms with Gasteiger partial charge in [0.25, 0.3) is 0 Å². The van der Waals surface area contributed by atoms with Crippen molar-refractivity contribution in [2.24, 2.45) is 0 Å². The molecule has 1 aromatic carbocycles. The second-order valence-electron chi connectivity index (χ2n) is 4.52. The molecule has 0 heterocycles. The molecule has 1 aromatic rings. The molecule has 2 N–H and O–H groups in total. The number of nitrogens with two attached hydrogens (primary N) is 1. The zero-order chi connectivity index (χ0) is 12.7. The zero-order valence-corrected chi connectivity index (χ0v) is 12.6. The third-order valence-electron chi connectivity index (χ3n) is 2.96. The maximum Gasteiger partial charge on any atom is 0.122 e. The molecule has 0 spiro atoms. The van der Waals surface area contributed by atoms with E-state index in [-0.39, 0.29) is 0 Å². The van der Waals surface area contributed by atoms with Gasteiger partial charge in [-0.25, -0.2) is 0 Å². The predicted octanol–water partition coefficient (Wildman–Crippen LogP) is 2.89. The Morgan fingerprint density at radius 3 is 2.82 bits per heavy atom. The summed E-state index contributed by atoms with van der Waals surface area (Å²) in [7, 11) is 0. The minimum absolute atomic E-state index is 0.726. The highest BCUT2D eigenvalue weighted by Gasteiger charge is 2.02. The number of hydrogen-bond donors (Lipinski definition) is 1. The molecule has 0 aliphatic heterocycles. The fourth-order valence-corrected chi connectivity index (χ4v) is 2.08. The number of halogens is 1. The van der Waals surface area contributed by atoms with Crippen molar-refractivity contribution >= 4 is 15.9 Å². The Morgan fingerprint density at radius 2 is 2.18 bits per heavy atom. The SMILES string of the molecule is CC[C@H](C)[NH2+]CCCOc1ccc(Br)cc1C. The number of benzene rings is 1. The van der Waals surface area contributed by atoms with E-state index in [0.29, 0.717) is 0 Å². The van der Waals surface area contributed by atoms with Gasteiger partial charge >= 0.3 is 0 Å². The van der Waals surface area contributed by atoms with E-state index < -0.39 is 0 Å². The van der Waals surface area contributed by atoms with Gasteiger partial charge in [0, 0.05) is 10.9 Å². The number of hydrogen-bond acceptors (Lipinski definition) is 1. The van der Waals surface area contributed by atoms with Crippen LogP contribution in [0.2, 0.25) is 0 Å². The second-order valence-corrected chi connectivity index (χ2v) is 5.44. The molecule has 0 amide bonds. The van der Waals surface area contributed by atoms with Crippen molar-refractivity contribution in [1.29, 1.82) is 0 Å². The van der Waals surface area contributed by atoms with Gasteiger partial charge in [-0.05, 0) is 44.0 Å². The Balaban J connectivity index is 2.22. The molecule has 0 aromatic heterocycles. The van der Waals surface area contributed by atoms with Crippen LogP contribution in [0, 0.1) is 6.92 Å². The molecule has 0 saturated heterocycles. The number of quaternary nitrogens is 1. The minimum Gasteiger partial charge on any atom is -0.493 e. The van der Waals surface area contributed by atoms with Gasteiger partial charge in [-0.1, -0.05) is 22.9 Å². The van der Waals surface area contributed by atoms with Crippen molar-refractivity contribution < 1.29 is 10.1 Å². The van der Waals surface area contributed by atoms with E-state index in [0.717, 1.165) is 35.8 Å². The van der Waals surface area contributed by atoms with Gasteiger partial charge in [0.05, 0.1) is 19.2 Å². The fraction of sp³-hybridized carbons (Fsp3) is 0.571. The Labute approximate surface area is 113 Å². The molecule has 17 heavy (non-hydrogen) atoms. The lowest BCUT2D eigenvalue weighted by molar-refractivity contribution is -0.686. The Bertz CT molecular complexity index is 341. The maximum atomic E-state index is 5.77. The van der Waals surface area contributed by atoms with Gasteiger partial charge in [-0.3, -0.25) is 0 Å². The summed E-state index contributed by atoms with van der Waals surface area (Å²) in [6.45, 7) is 8.51. The summed E-state index contributed by atoms with van der Waals surface area (Å²) in [6, 6.07) is 6.86. The van der Waals surface area contributed by atoms with Crippen LogP contribution < -0.4 is 10.1 Å². The number of ether oxygens (including phenoxy) is 1. The van der Waals surface area contributed by atoms with Crippen LogP contribution >= 0.6 is 15.9 Å². The first-order valence-electron chi connectivity index (χ1n) is 6.35. The molecule has 0 unspecified atom stereocenters. The van der Waals surface area contributed by atoms with Gasteiger partial charge in [-0.15, -0.1) is 0 Å². The highest BCUT2D eigenvalue weighted by molar-refractivity contribution is 9.10. The lowest BCUT2D eigenvalue weighted by Crippen LogP contribution is -2.89. The molecule has 1 rings (SSSR count). The zero-order valence-electron chi connectivity index (χ0n) is 11.0. The summed E-state index contributed by atoms with van der Waals surface area (Å²) in [4.78, 5) is 0. The molecule has 96 valence electrons. The van der Waals surface area contributed by atoms with Crippen molar-refractivity contribution in [2.75, 3.05) is 13.2 Å². The van der Waals surface area contributed by atoms with Crippen LogP contribution in [0.25, 0.3) is 0 Å². The standard InChI is InChI=1S/C14H22BrNO/c1-4-12(3)16-8-5-9-17-14-7-6-13(15)10-11(14)2/h6-7,10,12,16H,4-5,8-9H2,1-3H3/p+1/t12-/m0/s1. The summed E-state index contributed by atoms with van der Waals surface area (Å²) in [5.41, 5.74) is 1.19. The van der Waals surface area contributed by atoms with E-state index in [1.54, 1.807) is 0 Å². The summed E-state index contributed by atoms with van der Waals surface area (Å²) >= 11 is 3.45. The normalized spacial score (nSPS) is 12.5. The van der Waals surface area contributed by atoms with Crippen LogP contribution in [0.5, 0.6) is 5.75 Å². The maximum absolute atomic E-state index is 5.77. The van der Waals surface area contributed by atoms with E-state index in [1.807, 2.05) is 12.1 Å². The smallest absolute Gasteiger partial charge is 0.122 e. The molecule has 1 atom stereocenters. The molecule has 0 fully saturated rings. The van der Waals surface area contributed by atoms with Crippen molar-refractivity contribution in [3.63, 3.8) is 0 Å². The average Bonchev–Trinajstić information content (AvgIpc) is 2.30. The molecule has 0 radical (unpaired) electrons. The minimum atomic E-state index is 0.726. The molecular weight excluding hydrogens is 278 g/mol. The van der Waals surface area contributed by atoms with E-state index >= 15 is 0 Å². The highest BCUT2D eigenvalue weighted by Crippen LogP contribution is 2.22. The monoisotopic (exact) mass is 300 g/mol. The first-order chi connectivity index (χ1) is 8.13. The topological polar surface area (TPSA) is 25.8 Å². The van der Waals surface area contributed by atoms with Crippen LogP contribution in [-0.2, 0) is 0 Å². The molecule has 3 heteroatoms. The lowest BCUT2D eigenvalue weighted by Gasteiger charge is -2.10. The van der Waals surface area contributed by atoms with Crippen LogP contribution in [0.4, 0.5) is 0 Å². The van der Waals surface area contributed by atoms with Gasteiger partial charge in [0.1, 0.15) is 5.75 Å². The van der Waals surface area contributed by atoms with Crippen molar-refractivity contribution in [1.82, 2.24) is 0 Å². The second kappa shape index (κ2) is 7.72. The fourth-order valence-electron chi connectivity index (χ4n) is 1.61. The van der Waals surface area contributed by atoms with Crippen molar-refractivity contribution in [3.05, 3.63) is 28.2 Å². The van der Waals surface area contributed by atoms with E-state index in [1.165, 1.54) is 12.0 Å². The van der Waals surface area contributed by atoms with E-state index in [9.17, 15) is 0 Å². The van der Waals surface area contributed by atoms with Crippen molar-refractivity contribution in [2.45, 2.75) is 39.7 Å². The summed E-state index contributed by atoms with van der Waals surface area (Å²) < 4.78 is 6.87. The molecule has 2 nitrogen and oxygen atoms in total. The average molecular weight is 301 g/mol. The number of rotatable bonds is 7. The first kappa shape index (κ1) is 14.5. The van der Waals surface area contributed by atoms with Crippen LogP contribution in [0.3, 0.4) is 0 Å². The molecule has 0 bridgehead atoms. The lowest BCUT2D eigenvalue weighted by atomic mass is 10.2. The molecule has 0 aliphatic rings. The Morgan fingerprint density at radius 1 is 1.41 bits per heavy atom. The molecular formula is C14H23BrNO+. The van der Waals surface area contributed by atoms with Crippen molar-refractivity contribution in [3.8, 4) is 5.75 Å². The van der Waals surface area contributed by atoms with Gasteiger partial charge in [-0.2, -0.15) is 0 Å². The molecule has 0 aliphatic carbocycles. The Hall–Kier alpha value is -0.540. The predicted molar refractivity (Wildman–Crippen MR) is 75.5 cm³/mol. The largest absolute Gasteiger partial charge is 0.493 e. The van der Waals surface area contributed by atoms with Gasteiger partial charge < -0.3 is 10.1 Å². The summed E-state index contributed by atoms with van der Waals surface area (Å²) in [5, 5.41) is 2.39. The summed E-state index contributed by atoms with van der Waals surface area (Å²) in [5.74, 6) is 0.997. The first-order valence-corrected chi connectivity index (χ1v) is 7.15. The van der Waals surface area contributed by atoms with Gasteiger partial charge in [0.2, 0.25) is 0 Å². The summed E-state index contributed by atoms with van der Waals surface area (Å²) in [6.07, 6.45) is 2.33.